The fourth-order valence-corrected chi connectivity index (χ4v) is 3.58. The van der Waals surface area contributed by atoms with Gasteiger partial charge in [-0.15, -0.1) is 0 Å². The zero-order valence-corrected chi connectivity index (χ0v) is 15.4. The Balaban J connectivity index is 1.51. The van der Waals surface area contributed by atoms with Gasteiger partial charge in [0.05, 0.1) is 10.9 Å². The van der Waals surface area contributed by atoms with Crippen molar-refractivity contribution in [2.75, 3.05) is 23.3 Å². The van der Waals surface area contributed by atoms with Gasteiger partial charge in [0.1, 0.15) is 5.82 Å². The Labute approximate surface area is 161 Å². The van der Waals surface area contributed by atoms with Crippen molar-refractivity contribution in [1.82, 2.24) is 15.0 Å². The molecule has 0 radical (unpaired) electrons. The largest absolute Gasteiger partial charge is 0.369 e. The lowest BCUT2D eigenvalue weighted by Crippen LogP contribution is -2.39. The first-order valence-electron chi connectivity index (χ1n) is 9.33. The maximum Gasteiger partial charge on any atom is 0.260 e. The summed E-state index contributed by atoms with van der Waals surface area (Å²) in [7, 11) is 0. The number of fused-ring (bicyclic) bond motifs is 1. The third-order valence-corrected chi connectivity index (χ3v) is 5.12. The normalized spacial score (nSPS) is 14.9. The van der Waals surface area contributed by atoms with Crippen LogP contribution in [0.5, 0.6) is 0 Å². The number of aromatic amines is 1. The molecule has 2 aromatic heterocycles. The number of hydrogen-bond donors (Lipinski definition) is 3. The van der Waals surface area contributed by atoms with E-state index >= 15 is 0 Å². The maximum atomic E-state index is 12.2. The molecule has 0 atom stereocenters. The Morgan fingerprint density at radius 1 is 1.21 bits per heavy atom. The van der Waals surface area contributed by atoms with Crippen LogP contribution < -0.4 is 21.5 Å². The van der Waals surface area contributed by atoms with Gasteiger partial charge in [0, 0.05) is 37.3 Å². The quantitative estimate of drug-likeness (QED) is 0.621. The number of piperidine rings is 1. The van der Waals surface area contributed by atoms with E-state index in [-0.39, 0.29) is 17.4 Å². The van der Waals surface area contributed by atoms with E-state index in [0.29, 0.717) is 23.4 Å². The highest BCUT2D eigenvalue weighted by Gasteiger charge is 2.24. The van der Waals surface area contributed by atoms with Crippen molar-refractivity contribution >= 4 is 28.6 Å². The van der Waals surface area contributed by atoms with E-state index in [4.69, 9.17) is 5.73 Å². The van der Waals surface area contributed by atoms with Gasteiger partial charge in [-0.2, -0.15) is 0 Å². The molecule has 1 aromatic carbocycles. The number of hydrogen-bond acceptors (Lipinski definition) is 6. The van der Waals surface area contributed by atoms with Crippen LogP contribution in [0.1, 0.15) is 18.4 Å². The van der Waals surface area contributed by atoms with Crippen molar-refractivity contribution in [3.05, 3.63) is 58.5 Å². The number of carbonyl (C=O) groups excluding carboxylic acids is 1. The summed E-state index contributed by atoms with van der Waals surface area (Å²) in [6, 6.07) is 11.1. The summed E-state index contributed by atoms with van der Waals surface area (Å²) in [6.45, 7) is 1.95. The molecule has 1 fully saturated rings. The smallest absolute Gasteiger partial charge is 0.260 e. The van der Waals surface area contributed by atoms with Crippen molar-refractivity contribution in [3.63, 3.8) is 0 Å². The molecule has 4 rings (SSSR count). The average Bonchev–Trinajstić information content (AvgIpc) is 2.72. The minimum atomic E-state index is -0.228. The van der Waals surface area contributed by atoms with E-state index in [9.17, 15) is 9.59 Å². The number of pyridine rings is 1. The molecule has 0 aliphatic carbocycles. The lowest BCUT2D eigenvalue weighted by Gasteiger charge is -2.32. The number of aromatic nitrogens is 3. The zero-order valence-electron chi connectivity index (χ0n) is 15.4. The second-order valence-electron chi connectivity index (χ2n) is 6.94. The Morgan fingerprint density at radius 2 is 2.00 bits per heavy atom. The van der Waals surface area contributed by atoms with Gasteiger partial charge < -0.3 is 16.0 Å². The lowest BCUT2D eigenvalue weighted by molar-refractivity contribution is -0.122. The number of carbonyl (C=O) groups is 1. The molecule has 8 nitrogen and oxygen atoms in total. The molecule has 3 aromatic rings. The summed E-state index contributed by atoms with van der Waals surface area (Å²) >= 11 is 0. The molecule has 1 saturated heterocycles. The first-order chi connectivity index (χ1) is 13.6. The third-order valence-electron chi connectivity index (χ3n) is 5.12. The van der Waals surface area contributed by atoms with Gasteiger partial charge in [-0.05, 0) is 31.0 Å². The highest BCUT2D eigenvalue weighted by molar-refractivity contribution is 5.78. The fourth-order valence-electron chi connectivity index (χ4n) is 3.58. The highest BCUT2D eigenvalue weighted by Crippen LogP contribution is 2.25. The van der Waals surface area contributed by atoms with E-state index < -0.39 is 0 Å². The second kappa shape index (κ2) is 7.67. The third kappa shape index (κ3) is 3.66. The molecule has 0 spiro atoms. The van der Waals surface area contributed by atoms with E-state index in [1.165, 1.54) is 0 Å². The van der Waals surface area contributed by atoms with Crippen LogP contribution in [0.2, 0.25) is 0 Å². The van der Waals surface area contributed by atoms with Crippen molar-refractivity contribution in [1.29, 1.82) is 0 Å². The molecule has 0 unspecified atom stereocenters. The minimum Gasteiger partial charge on any atom is -0.369 e. The second-order valence-corrected chi connectivity index (χ2v) is 6.94. The van der Waals surface area contributed by atoms with Gasteiger partial charge in [0.2, 0.25) is 11.9 Å². The molecule has 4 N–H and O–H groups in total. The van der Waals surface area contributed by atoms with Crippen molar-refractivity contribution in [3.8, 4) is 0 Å². The molecule has 3 heterocycles. The number of primary amides is 1. The first kappa shape index (κ1) is 18.0. The number of anilines is 2. The molecule has 28 heavy (non-hydrogen) atoms. The fraction of sp³-hybridized carbons (Fsp3) is 0.300. The molecular formula is C20H22N6O2. The van der Waals surface area contributed by atoms with Gasteiger partial charge >= 0.3 is 0 Å². The predicted octanol–water partition coefficient (Wildman–Crippen LogP) is 1.63. The average molecular weight is 378 g/mol. The predicted molar refractivity (Wildman–Crippen MR) is 108 cm³/mol. The molecule has 0 bridgehead atoms. The van der Waals surface area contributed by atoms with E-state index in [1.54, 1.807) is 12.3 Å². The van der Waals surface area contributed by atoms with Crippen molar-refractivity contribution in [2.45, 2.75) is 19.4 Å². The molecule has 8 heteroatoms. The Morgan fingerprint density at radius 3 is 2.79 bits per heavy atom. The number of H-pyrrole nitrogens is 1. The van der Waals surface area contributed by atoms with Gasteiger partial charge in [-0.3, -0.25) is 14.6 Å². The molecule has 1 aliphatic heterocycles. The minimum absolute atomic E-state index is 0.0617. The number of nitrogens with zero attached hydrogens (tertiary/aromatic N) is 3. The van der Waals surface area contributed by atoms with E-state index in [1.807, 2.05) is 30.3 Å². The Kier molecular flexibility index (Phi) is 4.92. The number of para-hydroxylation sites is 1. The summed E-state index contributed by atoms with van der Waals surface area (Å²) in [5.41, 5.74) is 6.90. The number of benzene rings is 1. The Hall–Kier alpha value is -3.42. The SMILES string of the molecule is NC(=O)C1CCN(c2ncccc2CNc2nc3ccccc3c(=O)[nH]2)CC1. The zero-order chi connectivity index (χ0) is 19.5. The van der Waals surface area contributed by atoms with Crippen molar-refractivity contribution < 1.29 is 4.79 Å². The monoisotopic (exact) mass is 378 g/mol. The summed E-state index contributed by atoms with van der Waals surface area (Å²) in [6.07, 6.45) is 3.23. The highest BCUT2D eigenvalue weighted by atomic mass is 16.1. The van der Waals surface area contributed by atoms with E-state index in [2.05, 4.69) is 25.2 Å². The van der Waals surface area contributed by atoms with Crippen LogP contribution in [-0.2, 0) is 11.3 Å². The molecule has 1 aliphatic rings. The van der Waals surface area contributed by atoms with Crippen LogP contribution in [0.3, 0.4) is 0 Å². The number of rotatable bonds is 5. The molecule has 144 valence electrons. The maximum absolute atomic E-state index is 12.2. The molecular weight excluding hydrogens is 356 g/mol. The topological polar surface area (TPSA) is 117 Å². The summed E-state index contributed by atoms with van der Waals surface area (Å²) in [4.78, 5) is 37.6. The number of amides is 1. The van der Waals surface area contributed by atoms with Gasteiger partial charge in [-0.1, -0.05) is 18.2 Å². The van der Waals surface area contributed by atoms with Gasteiger partial charge in [0.25, 0.3) is 5.56 Å². The lowest BCUT2D eigenvalue weighted by atomic mass is 9.96. The van der Waals surface area contributed by atoms with Crippen LogP contribution in [-0.4, -0.2) is 33.9 Å². The van der Waals surface area contributed by atoms with Crippen LogP contribution in [0.25, 0.3) is 10.9 Å². The van der Waals surface area contributed by atoms with Crippen LogP contribution in [0.15, 0.2) is 47.4 Å². The summed E-state index contributed by atoms with van der Waals surface area (Å²) in [5.74, 6) is 1.01. The van der Waals surface area contributed by atoms with Gasteiger partial charge in [-0.25, -0.2) is 9.97 Å². The van der Waals surface area contributed by atoms with Crippen LogP contribution in [0.4, 0.5) is 11.8 Å². The first-order valence-corrected chi connectivity index (χ1v) is 9.33. The standard InChI is InChI=1S/C20H22N6O2/c21-17(27)13-7-10-26(11-8-13)18-14(4-3-9-22-18)12-23-20-24-16-6-2-1-5-15(16)19(28)25-20/h1-6,9,13H,7-8,10-12H2,(H2,21,27)(H2,23,24,25,28). The molecule has 1 amide bonds. The molecule has 0 saturated carbocycles. The summed E-state index contributed by atoms with van der Waals surface area (Å²) < 4.78 is 0. The number of nitrogens with two attached hydrogens (primary N) is 1. The van der Waals surface area contributed by atoms with E-state index in [0.717, 1.165) is 37.3 Å². The number of nitrogens with one attached hydrogen (secondary N) is 2. The van der Waals surface area contributed by atoms with Crippen LogP contribution >= 0.6 is 0 Å². The van der Waals surface area contributed by atoms with Crippen LogP contribution in [0, 0.1) is 5.92 Å². The van der Waals surface area contributed by atoms with Crippen molar-refractivity contribution in [2.24, 2.45) is 11.7 Å². The Bertz CT molecular complexity index is 1060. The summed E-state index contributed by atoms with van der Waals surface area (Å²) in [5, 5.41) is 3.76. The van der Waals surface area contributed by atoms with Gasteiger partial charge in [0.15, 0.2) is 0 Å².